The first-order valence-electron chi connectivity index (χ1n) is 6.50. The van der Waals surface area contributed by atoms with Crippen LogP contribution in [-0.2, 0) is 6.54 Å². The molecule has 108 valence electrons. The maximum atomic E-state index is 13.9. The fraction of sp³-hybridized carbons (Fsp3) is 0.571. The molecule has 0 bridgehead atoms. The first-order valence-corrected chi connectivity index (χ1v) is 6.88. The van der Waals surface area contributed by atoms with E-state index in [1.807, 2.05) is 0 Å². The summed E-state index contributed by atoms with van der Waals surface area (Å²) in [6.07, 6.45) is 2.36. The number of rotatable bonds is 3. The van der Waals surface area contributed by atoms with E-state index in [2.05, 4.69) is 11.8 Å². The minimum Gasteiger partial charge on any atom is -0.329 e. The Morgan fingerprint density at radius 3 is 2.89 bits per heavy atom. The van der Waals surface area contributed by atoms with Crippen molar-refractivity contribution in [2.45, 2.75) is 32.4 Å². The smallest absolute Gasteiger partial charge is 0.146 e. The van der Waals surface area contributed by atoms with Gasteiger partial charge in [0.15, 0.2) is 0 Å². The Morgan fingerprint density at radius 1 is 1.47 bits per heavy atom. The summed E-state index contributed by atoms with van der Waals surface area (Å²) in [5, 5.41) is 0.196. The van der Waals surface area contributed by atoms with E-state index in [0.717, 1.165) is 13.0 Å². The maximum Gasteiger partial charge on any atom is 0.146 e. The molecule has 1 aromatic rings. The summed E-state index contributed by atoms with van der Waals surface area (Å²) in [5.41, 5.74) is 6.51. The summed E-state index contributed by atoms with van der Waals surface area (Å²) in [6, 6.07) is 5.52. The Labute approximate surface area is 125 Å². The molecule has 2 unspecified atom stereocenters. The van der Waals surface area contributed by atoms with Gasteiger partial charge in [0.2, 0.25) is 0 Å². The molecule has 2 atom stereocenters. The number of hydrogen-bond donors (Lipinski definition) is 1. The van der Waals surface area contributed by atoms with Crippen molar-refractivity contribution in [3.63, 3.8) is 0 Å². The number of benzene rings is 1. The molecule has 2 rings (SSSR count). The van der Waals surface area contributed by atoms with Crippen LogP contribution in [0.25, 0.3) is 0 Å². The highest BCUT2D eigenvalue weighted by Crippen LogP contribution is 2.26. The summed E-state index contributed by atoms with van der Waals surface area (Å²) >= 11 is 5.81. The second-order valence-electron chi connectivity index (χ2n) is 5.11. The van der Waals surface area contributed by atoms with Gasteiger partial charge in [-0.1, -0.05) is 30.7 Å². The molecule has 0 aromatic heterocycles. The topological polar surface area (TPSA) is 29.3 Å². The van der Waals surface area contributed by atoms with Crippen LogP contribution >= 0.6 is 24.0 Å². The molecule has 1 saturated heterocycles. The Hall–Kier alpha value is -0.350. The van der Waals surface area contributed by atoms with Crippen LogP contribution in [0.3, 0.4) is 0 Å². The van der Waals surface area contributed by atoms with Crippen molar-refractivity contribution in [2.24, 2.45) is 11.7 Å². The molecule has 1 aromatic carbocycles. The summed E-state index contributed by atoms with van der Waals surface area (Å²) < 4.78 is 13.9. The average Bonchev–Trinajstić information content (AvgIpc) is 2.35. The molecule has 0 spiro atoms. The van der Waals surface area contributed by atoms with Crippen LogP contribution in [0, 0.1) is 11.7 Å². The first-order chi connectivity index (χ1) is 8.63. The summed E-state index contributed by atoms with van der Waals surface area (Å²) in [7, 11) is 0. The highest BCUT2D eigenvalue weighted by atomic mass is 35.5. The van der Waals surface area contributed by atoms with Crippen LogP contribution in [0.4, 0.5) is 4.39 Å². The Balaban J connectivity index is 0.00000180. The quantitative estimate of drug-likeness (QED) is 0.926. The number of nitrogens with zero attached hydrogens (tertiary/aromatic N) is 1. The monoisotopic (exact) mass is 306 g/mol. The molecule has 1 aliphatic rings. The largest absolute Gasteiger partial charge is 0.329 e. The predicted octanol–water partition coefficient (Wildman–Crippen LogP) is 3.46. The second kappa shape index (κ2) is 7.44. The number of nitrogens with two attached hydrogens (primary N) is 1. The van der Waals surface area contributed by atoms with Gasteiger partial charge >= 0.3 is 0 Å². The predicted molar refractivity (Wildman–Crippen MR) is 80.3 cm³/mol. The lowest BCUT2D eigenvalue weighted by molar-refractivity contribution is 0.0979. The molecule has 1 aliphatic heterocycles. The van der Waals surface area contributed by atoms with Crippen LogP contribution in [0.5, 0.6) is 0 Å². The zero-order valence-electron chi connectivity index (χ0n) is 11.1. The molecule has 0 aliphatic carbocycles. The lowest BCUT2D eigenvalue weighted by Crippen LogP contribution is -2.48. The van der Waals surface area contributed by atoms with E-state index >= 15 is 0 Å². The van der Waals surface area contributed by atoms with E-state index in [4.69, 9.17) is 17.3 Å². The minimum atomic E-state index is -0.298. The standard InChI is InChI=1S/C14H20ClFN2.ClH/c1-10-4-3-7-18(13(10)8-17)9-11-5-2-6-12(15)14(11)16;/h2,5-6,10,13H,3-4,7-9,17H2,1H3;1H. The third kappa shape index (κ3) is 3.82. The minimum absolute atomic E-state index is 0. The zero-order valence-corrected chi connectivity index (χ0v) is 12.7. The van der Waals surface area contributed by atoms with Crippen molar-refractivity contribution >= 4 is 24.0 Å². The lowest BCUT2D eigenvalue weighted by Gasteiger charge is -2.39. The Morgan fingerprint density at radius 2 is 2.21 bits per heavy atom. The highest BCUT2D eigenvalue weighted by Gasteiger charge is 2.27. The van der Waals surface area contributed by atoms with Gasteiger partial charge in [-0.2, -0.15) is 0 Å². The van der Waals surface area contributed by atoms with Crippen LogP contribution in [-0.4, -0.2) is 24.0 Å². The maximum absolute atomic E-state index is 13.9. The van der Waals surface area contributed by atoms with Crippen molar-refractivity contribution in [1.29, 1.82) is 0 Å². The first kappa shape index (κ1) is 16.7. The number of likely N-dealkylation sites (tertiary alicyclic amines) is 1. The van der Waals surface area contributed by atoms with E-state index < -0.39 is 0 Å². The zero-order chi connectivity index (χ0) is 13.1. The van der Waals surface area contributed by atoms with Crippen molar-refractivity contribution < 1.29 is 4.39 Å². The van der Waals surface area contributed by atoms with Crippen molar-refractivity contribution in [3.8, 4) is 0 Å². The number of piperidine rings is 1. The molecular formula is C14H21Cl2FN2. The average molecular weight is 307 g/mol. The molecule has 1 fully saturated rings. The SMILES string of the molecule is CC1CCCN(Cc2cccc(Cl)c2F)C1CN.Cl. The van der Waals surface area contributed by atoms with E-state index in [1.165, 1.54) is 6.42 Å². The van der Waals surface area contributed by atoms with Gasteiger partial charge in [0.05, 0.1) is 5.02 Å². The Kier molecular flexibility index (Phi) is 6.54. The summed E-state index contributed by atoms with van der Waals surface area (Å²) in [4.78, 5) is 2.28. The van der Waals surface area contributed by atoms with Crippen LogP contribution < -0.4 is 5.73 Å². The van der Waals surface area contributed by atoms with Crippen LogP contribution in [0.15, 0.2) is 18.2 Å². The van der Waals surface area contributed by atoms with Crippen molar-refractivity contribution in [2.75, 3.05) is 13.1 Å². The molecule has 0 radical (unpaired) electrons. The summed E-state index contributed by atoms with van der Waals surface area (Å²) in [5.74, 6) is 0.277. The lowest BCUT2D eigenvalue weighted by atomic mass is 9.90. The van der Waals surface area contributed by atoms with Crippen LogP contribution in [0.2, 0.25) is 5.02 Å². The molecule has 0 saturated carbocycles. The molecule has 1 heterocycles. The van der Waals surface area contributed by atoms with Crippen LogP contribution in [0.1, 0.15) is 25.3 Å². The summed E-state index contributed by atoms with van der Waals surface area (Å²) in [6.45, 7) is 4.43. The van der Waals surface area contributed by atoms with E-state index in [9.17, 15) is 4.39 Å². The van der Waals surface area contributed by atoms with Gasteiger partial charge in [-0.3, -0.25) is 4.90 Å². The van der Waals surface area contributed by atoms with Gasteiger partial charge in [-0.05, 0) is 31.4 Å². The van der Waals surface area contributed by atoms with E-state index in [-0.39, 0.29) is 23.2 Å². The molecule has 19 heavy (non-hydrogen) atoms. The van der Waals surface area contributed by atoms with Gasteiger partial charge in [0, 0.05) is 24.7 Å². The van der Waals surface area contributed by atoms with Crippen molar-refractivity contribution in [3.05, 3.63) is 34.6 Å². The number of hydrogen-bond acceptors (Lipinski definition) is 2. The third-order valence-corrected chi connectivity index (χ3v) is 4.17. The fourth-order valence-corrected chi connectivity index (χ4v) is 3.00. The van der Waals surface area contributed by atoms with Gasteiger partial charge < -0.3 is 5.73 Å². The van der Waals surface area contributed by atoms with Crippen molar-refractivity contribution in [1.82, 2.24) is 4.90 Å². The molecule has 0 amide bonds. The third-order valence-electron chi connectivity index (χ3n) is 3.88. The van der Waals surface area contributed by atoms with Gasteiger partial charge in [0.1, 0.15) is 5.82 Å². The molecule has 2 N–H and O–H groups in total. The number of halogens is 3. The normalized spacial score (nSPS) is 24.0. The Bertz CT molecular complexity index is 414. The molecular weight excluding hydrogens is 286 g/mol. The molecule has 2 nitrogen and oxygen atoms in total. The molecule has 5 heteroatoms. The van der Waals surface area contributed by atoms with Gasteiger partial charge in [-0.25, -0.2) is 4.39 Å². The fourth-order valence-electron chi connectivity index (χ4n) is 2.80. The highest BCUT2D eigenvalue weighted by molar-refractivity contribution is 6.30. The van der Waals surface area contributed by atoms with Gasteiger partial charge in [0.25, 0.3) is 0 Å². The van der Waals surface area contributed by atoms with E-state index in [1.54, 1.807) is 18.2 Å². The van der Waals surface area contributed by atoms with E-state index in [0.29, 0.717) is 30.6 Å². The second-order valence-corrected chi connectivity index (χ2v) is 5.51. The van der Waals surface area contributed by atoms with Gasteiger partial charge in [-0.15, -0.1) is 12.4 Å².